The van der Waals surface area contributed by atoms with Crippen LogP contribution < -0.4 is 0 Å². The first-order chi connectivity index (χ1) is 29.8. The zero-order valence-electron chi connectivity index (χ0n) is 38.1. The third-order valence-electron chi connectivity index (χ3n) is 8.83. The van der Waals surface area contributed by atoms with Crippen LogP contribution in [0.3, 0.4) is 0 Å². The second-order valence-electron chi connectivity index (χ2n) is 11.7. The van der Waals surface area contributed by atoms with Crippen LogP contribution in [-0.4, -0.2) is 14.5 Å². The first-order valence-electron chi connectivity index (χ1n) is 21.9. The Bertz CT molecular complexity index is 3540. The van der Waals surface area contributed by atoms with Crippen LogP contribution in [0.25, 0.3) is 94.5 Å². The number of nitrogens with zero attached hydrogens (tertiary/aromatic N) is 3. The lowest BCUT2D eigenvalue weighted by Gasteiger charge is -2.12. The maximum Gasteiger partial charge on any atom is 0.161 e. The summed E-state index contributed by atoms with van der Waals surface area (Å²) >= 11 is 0. The molecule has 0 bridgehead atoms. The molecule has 0 saturated carbocycles. The van der Waals surface area contributed by atoms with Gasteiger partial charge in [0.15, 0.2) is 5.82 Å². The number of para-hydroxylation sites is 4. The number of furan rings is 1. The lowest BCUT2D eigenvalue weighted by Crippen LogP contribution is -1.97. The van der Waals surface area contributed by atoms with E-state index in [1.165, 1.54) is 0 Å². The van der Waals surface area contributed by atoms with Gasteiger partial charge in [0.25, 0.3) is 0 Å². The highest BCUT2D eigenvalue weighted by Crippen LogP contribution is 2.40. The Balaban J connectivity index is 1.38. The zero-order chi connectivity index (χ0) is 43.5. The average molecular weight is 652 g/mol. The van der Waals surface area contributed by atoms with E-state index < -0.39 is 78.2 Å². The number of hydrogen-bond acceptors (Lipinski definition) is 3. The largest absolute Gasteiger partial charge is 0.455 e. The number of aromatic nitrogens is 3. The summed E-state index contributed by atoms with van der Waals surface area (Å²) in [7, 11) is 0. The molecule has 4 nitrogen and oxygen atoms in total. The third kappa shape index (κ3) is 4.54. The van der Waals surface area contributed by atoms with Crippen LogP contribution in [0.1, 0.15) is 16.4 Å². The summed E-state index contributed by atoms with van der Waals surface area (Å²) in [5, 5.41) is 1.35. The Morgan fingerprint density at radius 1 is 0.500 bits per heavy atom. The second kappa shape index (κ2) is 11.4. The van der Waals surface area contributed by atoms with E-state index in [9.17, 15) is 5.48 Å². The normalized spacial score (nSPS) is 15.0. The molecule has 0 aliphatic heterocycles. The van der Waals surface area contributed by atoms with Crippen LogP contribution in [0.5, 0.6) is 0 Å². The summed E-state index contributed by atoms with van der Waals surface area (Å²) in [6.45, 7) is 0. The predicted octanol–water partition coefficient (Wildman–Crippen LogP) is 12.1. The van der Waals surface area contributed by atoms with E-state index in [4.69, 9.17) is 25.4 Å². The van der Waals surface area contributed by atoms with Crippen LogP contribution in [0.4, 0.5) is 0 Å². The fourth-order valence-electron chi connectivity index (χ4n) is 6.60. The lowest BCUT2D eigenvalue weighted by molar-refractivity contribution is 0.670. The van der Waals surface area contributed by atoms with E-state index in [1.807, 2.05) is 97.1 Å². The van der Waals surface area contributed by atoms with Crippen molar-refractivity contribution in [2.45, 2.75) is 0 Å². The van der Waals surface area contributed by atoms with Crippen LogP contribution >= 0.6 is 0 Å². The van der Waals surface area contributed by atoms with Crippen LogP contribution in [0.2, 0.25) is 0 Å². The molecule has 0 amide bonds. The third-order valence-corrected chi connectivity index (χ3v) is 8.83. The first kappa shape index (κ1) is 18.7. The number of hydrogen-bond donors (Lipinski definition) is 0. The van der Waals surface area contributed by atoms with E-state index in [-0.39, 0.29) is 33.2 Å². The maximum atomic E-state index is 9.48. The predicted molar refractivity (Wildman–Crippen MR) is 205 cm³/mol. The van der Waals surface area contributed by atoms with E-state index >= 15 is 0 Å². The van der Waals surface area contributed by atoms with Gasteiger partial charge in [-0.3, -0.25) is 0 Å². The molecule has 0 saturated heterocycles. The molecule has 3 aromatic heterocycles. The van der Waals surface area contributed by atoms with Gasteiger partial charge in [0.05, 0.1) is 38.9 Å². The van der Waals surface area contributed by atoms with Crippen molar-refractivity contribution in [3.63, 3.8) is 0 Å². The van der Waals surface area contributed by atoms with Crippen molar-refractivity contribution in [3.05, 3.63) is 176 Å². The Kier molecular flexibility index (Phi) is 4.27. The summed E-state index contributed by atoms with van der Waals surface area (Å²) in [4.78, 5) is 10.1. The molecule has 0 unspecified atom stereocenters. The minimum atomic E-state index is -0.718. The van der Waals surface area contributed by atoms with Gasteiger partial charge >= 0.3 is 0 Å². The Hall–Kier alpha value is -6.78. The van der Waals surface area contributed by atoms with Gasteiger partial charge in [-0.2, -0.15) is 0 Å². The maximum absolute atomic E-state index is 9.48. The van der Waals surface area contributed by atoms with E-state index in [1.54, 1.807) is 6.07 Å². The van der Waals surface area contributed by atoms with Gasteiger partial charge in [-0.05, 0) is 59.6 Å². The van der Waals surface area contributed by atoms with Gasteiger partial charge in [-0.25, -0.2) is 9.97 Å². The molecule has 0 atom stereocenters. The monoisotopic (exact) mass is 651 g/mol. The molecule has 7 aromatic carbocycles. The quantitative estimate of drug-likeness (QED) is 0.186. The van der Waals surface area contributed by atoms with Gasteiger partial charge < -0.3 is 8.98 Å². The summed E-state index contributed by atoms with van der Waals surface area (Å²) in [6, 6.07) is 24.6. The molecule has 0 spiro atoms. The molecule has 3 heterocycles. The first-order valence-corrected chi connectivity index (χ1v) is 15.9. The molecule has 0 aliphatic rings. The molecular formula is C46H29N3O. The van der Waals surface area contributed by atoms with Crippen molar-refractivity contribution in [3.8, 4) is 50.7 Å². The summed E-state index contributed by atoms with van der Waals surface area (Å²) in [5.74, 6) is -0.133. The SMILES string of the molecule is [2H]c1c([2H])c([2H])c(-n2c3c([2H])c([2H])c([2H])c([2H])c3c3c(-c4nc(-c5cccc(-c6ccccc6)c5)cc(-c5cccc6c5oc5ccccc56)n4)c([2H])c([2H])c([2H])c32)c([2H])c1[2H]. The zero-order valence-corrected chi connectivity index (χ0v) is 26.1. The fourth-order valence-corrected chi connectivity index (χ4v) is 6.60. The van der Waals surface area contributed by atoms with Crippen molar-refractivity contribution in [2.24, 2.45) is 0 Å². The number of rotatable bonds is 5. The van der Waals surface area contributed by atoms with Crippen LogP contribution in [-0.2, 0) is 0 Å². The average Bonchev–Trinajstić information content (AvgIpc) is 3.85. The smallest absolute Gasteiger partial charge is 0.161 e. The molecule has 0 radical (unpaired) electrons. The number of benzene rings is 7. The van der Waals surface area contributed by atoms with E-state index in [2.05, 4.69) is 0 Å². The highest BCUT2D eigenvalue weighted by atomic mass is 16.3. The topological polar surface area (TPSA) is 43.9 Å². The van der Waals surface area contributed by atoms with Crippen molar-refractivity contribution >= 4 is 43.7 Å². The van der Waals surface area contributed by atoms with Gasteiger partial charge in [-0.15, -0.1) is 0 Å². The second-order valence-corrected chi connectivity index (χ2v) is 11.7. The van der Waals surface area contributed by atoms with Crippen LogP contribution in [0.15, 0.2) is 180 Å². The van der Waals surface area contributed by atoms with Crippen molar-refractivity contribution in [2.75, 3.05) is 0 Å². The van der Waals surface area contributed by atoms with Crippen molar-refractivity contribution in [1.29, 1.82) is 0 Å². The minimum absolute atomic E-state index is 0.132. The Labute approximate surface area is 305 Å². The molecule has 10 rings (SSSR count). The minimum Gasteiger partial charge on any atom is -0.455 e. The summed E-state index contributed by atoms with van der Waals surface area (Å²) in [6.07, 6.45) is 0. The molecule has 234 valence electrons. The van der Waals surface area contributed by atoms with E-state index in [0.717, 1.165) is 26.5 Å². The van der Waals surface area contributed by atoms with Gasteiger partial charge in [0.1, 0.15) is 11.2 Å². The van der Waals surface area contributed by atoms with Gasteiger partial charge in [0, 0.05) is 43.9 Å². The molecule has 10 aromatic rings. The molecule has 4 heteroatoms. The summed E-state index contributed by atoms with van der Waals surface area (Å²) < 4.78 is 114. The molecule has 0 fully saturated rings. The highest BCUT2D eigenvalue weighted by molar-refractivity contribution is 6.15. The van der Waals surface area contributed by atoms with E-state index in [0.29, 0.717) is 33.7 Å². The molecule has 0 N–H and O–H groups in total. The molecule has 50 heavy (non-hydrogen) atoms. The Morgan fingerprint density at radius 2 is 1.22 bits per heavy atom. The fraction of sp³-hybridized carbons (Fsp3) is 0. The van der Waals surface area contributed by atoms with Crippen LogP contribution in [0, 0.1) is 0 Å². The Morgan fingerprint density at radius 3 is 2.14 bits per heavy atom. The van der Waals surface area contributed by atoms with Crippen molar-refractivity contribution < 1.29 is 20.9 Å². The van der Waals surface area contributed by atoms with Gasteiger partial charge in [0.2, 0.25) is 0 Å². The molecular weight excluding hydrogens is 611 g/mol. The van der Waals surface area contributed by atoms with Gasteiger partial charge in [-0.1, -0.05) is 127 Å². The summed E-state index contributed by atoms with van der Waals surface area (Å²) in [5.41, 5.74) is 3.70. The van der Waals surface area contributed by atoms with Crippen molar-refractivity contribution in [1.82, 2.24) is 14.5 Å². The standard InChI is InChI=1S/C46H29N3O/c1-3-14-30(15-4-1)31-16-11-17-32(28-31)39-29-40(36-23-12-22-35-34-20-8-10-27-43(34)50-45(35)36)48-46(47-39)38-24-13-26-42-44(38)37-21-7-9-25-41(37)49(42)33-18-5-2-6-19-33/h1-29H/i2D,5D,6D,7D,9D,13D,18D,19D,21D,24D,25D,26D. The highest BCUT2D eigenvalue weighted by Gasteiger charge is 2.20. The lowest BCUT2D eigenvalue weighted by atomic mass is 9.99. The molecule has 0 aliphatic carbocycles. The number of fused-ring (bicyclic) bond motifs is 6.